The van der Waals surface area contributed by atoms with Crippen molar-refractivity contribution in [3.8, 4) is 5.75 Å². The van der Waals surface area contributed by atoms with Gasteiger partial charge < -0.3 is 5.11 Å². The monoisotopic (exact) mass is 272 g/mol. The van der Waals surface area contributed by atoms with Gasteiger partial charge in [-0.3, -0.25) is 0 Å². The molecule has 1 nitrogen and oxygen atoms in total. The maximum absolute atomic E-state index is 13.1. The van der Waals surface area contributed by atoms with Gasteiger partial charge in [0.15, 0.2) is 0 Å². The summed E-state index contributed by atoms with van der Waals surface area (Å²) in [5.74, 6) is 0.843. The fourth-order valence-electron chi connectivity index (χ4n) is 2.94. The Balaban J connectivity index is 2.32. The Morgan fingerprint density at radius 2 is 1.20 bits per heavy atom. The molecule has 0 aliphatic heterocycles. The molecule has 2 aromatic rings. The molecule has 0 saturated heterocycles. The zero-order valence-corrected chi connectivity index (χ0v) is 12.0. The van der Waals surface area contributed by atoms with E-state index in [1.807, 2.05) is 24.3 Å². The molecule has 0 aliphatic rings. The van der Waals surface area contributed by atoms with E-state index in [2.05, 4.69) is 13.8 Å². The van der Waals surface area contributed by atoms with Crippen molar-refractivity contribution in [3.05, 3.63) is 65.5 Å². The molecule has 0 aliphatic carbocycles. The van der Waals surface area contributed by atoms with Crippen LogP contribution in [0.2, 0.25) is 0 Å². The highest BCUT2D eigenvalue weighted by molar-refractivity contribution is 5.32. The number of aromatic hydroxyl groups is 1. The van der Waals surface area contributed by atoms with Crippen LogP contribution in [-0.4, -0.2) is 5.11 Å². The van der Waals surface area contributed by atoms with E-state index in [1.54, 1.807) is 12.1 Å². The number of phenols is 1. The molecule has 0 bridgehead atoms. The second kappa shape index (κ2) is 6.56. The fraction of sp³-hybridized carbons (Fsp3) is 0.333. The van der Waals surface area contributed by atoms with Crippen LogP contribution in [0.15, 0.2) is 48.5 Å². The van der Waals surface area contributed by atoms with Crippen LogP contribution in [0.4, 0.5) is 4.39 Å². The first-order valence-corrected chi connectivity index (χ1v) is 7.20. The highest BCUT2D eigenvalue weighted by Gasteiger charge is 2.21. The minimum absolute atomic E-state index is 0.193. The molecule has 2 aromatic carbocycles. The van der Waals surface area contributed by atoms with Crippen LogP contribution < -0.4 is 0 Å². The molecule has 0 aromatic heterocycles. The van der Waals surface area contributed by atoms with E-state index in [9.17, 15) is 9.50 Å². The molecule has 0 saturated carbocycles. The van der Waals surface area contributed by atoms with E-state index < -0.39 is 0 Å². The molecule has 1 N–H and O–H groups in total. The van der Waals surface area contributed by atoms with Crippen molar-refractivity contribution in [2.75, 3.05) is 0 Å². The standard InChI is InChI=1S/C18H21FO/c1-3-17(13-5-9-15(19)10-6-13)18(4-2)14-7-11-16(20)12-8-14/h5-12,17-18,20H,3-4H2,1-2H3/t17-,18-/m1/s1. The van der Waals surface area contributed by atoms with E-state index in [1.165, 1.54) is 23.3 Å². The quantitative estimate of drug-likeness (QED) is 0.791. The Kier molecular flexibility index (Phi) is 4.78. The van der Waals surface area contributed by atoms with E-state index in [4.69, 9.17) is 0 Å². The molecule has 0 spiro atoms. The Labute approximate surface area is 120 Å². The lowest BCUT2D eigenvalue weighted by atomic mass is 9.78. The van der Waals surface area contributed by atoms with E-state index in [0.717, 1.165) is 12.8 Å². The van der Waals surface area contributed by atoms with Crippen LogP contribution >= 0.6 is 0 Å². The Hall–Kier alpha value is -1.83. The lowest BCUT2D eigenvalue weighted by molar-refractivity contribution is 0.472. The van der Waals surface area contributed by atoms with Crippen LogP contribution in [-0.2, 0) is 0 Å². The summed E-state index contributed by atoms with van der Waals surface area (Å²) in [6, 6.07) is 14.2. The third-order valence-electron chi connectivity index (χ3n) is 3.98. The van der Waals surface area contributed by atoms with Crippen LogP contribution in [0, 0.1) is 5.82 Å². The average Bonchev–Trinajstić information content (AvgIpc) is 2.47. The first-order valence-electron chi connectivity index (χ1n) is 7.20. The smallest absolute Gasteiger partial charge is 0.123 e. The molecule has 0 heterocycles. The van der Waals surface area contributed by atoms with Crippen molar-refractivity contribution in [3.63, 3.8) is 0 Å². The summed E-state index contributed by atoms with van der Waals surface area (Å²) >= 11 is 0. The van der Waals surface area contributed by atoms with Crippen molar-refractivity contribution in [1.29, 1.82) is 0 Å². The summed E-state index contributed by atoms with van der Waals surface area (Å²) in [6.45, 7) is 4.33. The third kappa shape index (κ3) is 3.19. The molecule has 0 unspecified atom stereocenters. The first-order chi connectivity index (χ1) is 9.65. The molecular formula is C18H21FO. The van der Waals surface area contributed by atoms with Crippen molar-refractivity contribution >= 4 is 0 Å². The summed E-state index contributed by atoms with van der Waals surface area (Å²) in [5.41, 5.74) is 2.40. The van der Waals surface area contributed by atoms with Crippen LogP contribution in [0.25, 0.3) is 0 Å². The predicted molar refractivity (Wildman–Crippen MR) is 80.6 cm³/mol. The normalized spacial score (nSPS) is 13.9. The van der Waals surface area contributed by atoms with E-state index in [-0.39, 0.29) is 5.82 Å². The minimum Gasteiger partial charge on any atom is -0.508 e. The summed E-state index contributed by atoms with van der Waals surface area (Å²) < 4.78 is 13.1. The van der Waals surface area contributed by atoms with E-state index in [0.29, 0.717) is 17.6 Å². The minimum atomic E-state index is -0.193. The molecule has 2 atom stereocenters. The van der Waals surface area contributed by atoms with Crippen LogP contribution in [0.3, 0.4) is 0 Å². The molecule has 2 heteroatoms. The Morgan fingerprint density at radius 3 is 1.60 bits per heavy atom. The number of phenolic OH excluding ortho intramolecular Hbond substituents is 1. The third-order valence-corrected chi connectivity index (χ3v) is 3.98. The molecule has 0 amide bonds. The van der Waals surface area contributed by atoms with Gasteiger partial charge in [0.1, 0.15) is 11.6 Å². The van der Waals surface area contributed by atoms with Gasteiger partial charge in [0, 0.05) is 0 Å². The molecule has 0 fully saturated rings. The summed E-state index contributed by atoms with van der Waals surface area (Å²) in [5, 5.41) is 9.41. The van der Waals surface area contributed by atoms with Gasteiger partial charge in [-0.15, -0.1) is 0 Å². The maximum Gasteiger partial charge on any atom is 0.123 e. The van der Waals surface area contributed by atoms with Crippen molar-refractivity contribution < 1.29 is 9.50 Å². The average molecular weight is 272 g/mol. The van der Waals surface area contributed by atoms with Gasteiger partial charge in [0.25, 0.3) is 0 Å². The highest BCUT2D eigenvalue weighted by Crippen LogP contribution is 2.38. The number of hydrogen-bond acceptors (Lipinski definition) is 1. The number of benzene rings is 2. The molecule has 0 radical (unpaired) electrons. The zero-order chi connectivity index (χ0) is 14.5. The van der Waals surface area contributed by atoms with Gasteiger partial charge in [-0.2, -0.15) is 0 Å². The largest absolute Gasteiger partial charge is 0.508 e. The van der Waals surface area contributed by atoms with E-state index >= 15 is 0 Å². The summed E-state index contributed by atoms with van der Waals surface area (Å²) in [7, 11) is 0. The Bertz CT molecular complexity index is 479. The molecule has 20 heavy (non-hydrogen) atoms. The van der Waals surface area contributed by atoms with Gasteiger partial charge >= 0.3 is 0 Å². The highest BCUT2D eigenvalue weighted by atomic mass is 19.1. The Morgan fingerprint density at radius 1 is 0.800 bits per heavy atom. The van der Waals surface area contributed by atoms with Crippen molar-refractivity contribution in [2.24, 2.45) is 0 Å². The zero-order valence-electron chi connectivity index (χ0n) is 12.0. The SMILES string of the molecule is CC[C@H](c1ccc(O)cc1)[C@H](CC)c1ccc(F)cc1. The summed E-state index contributed by atoms with van der Waals surface area (Å²) in [4.78, 5) is 0. The maximum atomic E-state index is 13.1. The van der Waals surface area contributed by atoms with Crippen molar-refractivity contribution in [1.82, 2.24) is 0 Å². The summed E-state index contributed by atoms with van der Waals surface area (Å²) in [6.07, 6.45) is 2.02. The lowest BCUT2D eigenvalue weighted by Gasteiger charge is -2.26. The predicted octanol–water partition coefficient (Wildman–Crippen LogP) is 5.22. The van der Waals surface area contributed by atoms with Crippen LogP contribution in [0.5, 0.6) is 5.75 Å². The topological polar surface area (TPSA) is 20.2 Å². The molecule has 106 valence electrons. The van der Waals surface area contributed by atoms with Gasteiger partial charge in [0.2, 0.25) is 0 Å². The van der Waals surface area contributed by atoms with Gasteiger partial charge in [0.05, 0.1) is 0 Å². The van der Waals surface area contributed by atoms with Gasteiger partial charge in [-0.1, -0.05) is 38.1 Å². The lowest BCUT2D eigenvalue weighted by Crippen LogP contribution is -2.10. The van der Waals surface area contributed by atoms with Crippen LogP contribution in [0.1, 0.15) is 49.7 Å². The van der Waals surface area contributed by atoms with Crippen molar-refractivity contribution in [2.45, 2.75) is 38.5 Å². The number of halogens is 1. The second-order valence-corrected chi connectivity index (χ2v) is 5.17. The second-order valence-electron chi connectivity index (χ2n) is 5.17. The molecule has 2 rings (SSSR count). The first kappa shape index (κ1) is 14.6. The van der Waals surface area contributed by atoms with Gasteiger partial charge in [-0.25, -0.2) is 4.39 Å². The number of rotatable bonds is 5. The number of hydrogen-bond donors (Lipinski definition) is 1. The van der Waals surface area contributed by atoms with Gasteiger partial charge in [-0.05, 0) is 60.1 Å². The fourth-order valence-corrected chi connectivity index (χ4v) is 2.94. The molecular weight excluding hydrogens is 251 g/mol.